The molecule has 0 saturated carbocycles. The number of alkyl halides is 1. The third kappa shape index (κ3) is 2.25. The van der Waals surface area contributed by atoms with Gasteiger partial charge in [0.25, 0.3) is 0 Å². The van der Waals surface area contributed by atoms with E-state index in [4.69, 9.17) is 20.9 Å². The fourth-order valence-corrected chi connectivity index (χ4v) is 1.72. The molecule has 1 aliphatic heterocycles. The lowest BCUT2D eigenvalue weighted by Crippen LogP contribution is -2.16. The van der Waals surface area contributed by atoms with Gasteiger partial charge in [0.1, 0.15) is 0 Å². The van der Waals surface area contributed by atoms with Crippen molar-refractivity contribution < 1.29 is 9.26 Å². The van der Waals surface area contributed by atoms with Crippen LogP contribution >= 0.6 is 11.6 Å². The van der Waals surface area contributed by atoms with E-state index in [9.17, 15) is 0 Å². The van der Waals surface area contributed by atoms with Gasteiger partial charge in [-0.05, 0) is 12.8 Å². The third-order valence-corrected chi connectivity index (χ3v) is 2.51. The predicted octanol–water partition coefficient (Wildman–Crippen LogP) is 1.74. The standard InChI is InChI=1S/C9H13ClN2O2/c10-4-3-8-11-9(12-14-8)7-2-1-5-13-6-7/h7H,1-6H2. The molecule has 14 heavy (non-hydrogen) atoms. The van der Waals surface area contributed by atoms with Crippen LogP contribution in [0.15, 0.2) is 4.52 Å². The Kier molecular flexibility index (Phi) is 3.37. The van der Waals surface area contributed by atoms with E-state index in [0.717, 1.165) is 25.3 Å². The molecule has 4 nitrogen and oxygen atoms in total. The Morgan fingerprint density at radius 3 is 3.14 bits per heavy atom. The highest BCUT2D eigenvalue weighted by Gasteiger charge is 2.21. The molecule has 1 aliphatic rings. The Balaban J connectivity index is 2.00. The first-order valence-corrected chi connectivity index (χ1v) is 5.40. The van der Waals surface area contributed by atoms with Gasteiger partial charge in [0, 0.05) is 24.8 Å². The maximum absolute atomic E-state index is 5.58. The third-order valence-electron chi connectivity index (χ3n) is 2.32. The normalized spacial score (nSPS) is 22.5. The van der Waals surface area contributed by atoms with Crippen molar-refractivity contribution in [3.8, 4) is 0 Å². The molecule has 0 N–H and O–H groups in total. The monoisotopic (exact) mass is 216 g/mol. The molecule has 78 valence electrons. The van der Waals surface area contributed by atoms with Crippen LogP contribution in [0.25, 0.3) is 0 Å². The van der Waals surface area contributed by atoms with Crippen LogP contribution in [-0.4, -0.2) is 29.2 Å². The van der Waals surface area contributed by atoms with Gasteiger partial charge in [0.2, 0.25) is 5.89 Å². The van der Waals surface area contributed by atoms with Crippen molar-refractivity contribution in [2.24, 2.45) is 0 Å². The van der Waals surface area contributed by atoms with Gasteiger partial charge in [-0.15, -0.1) is 11.6 Å². The van der Waals surface area contributed by atoms with Gasteiger partial charge in [-0.1, -0.05) is 5.16 Å². The Bertz CT molecular complexity index is 284. The minimum Gasteiger partial charge on any atom is -0.381 e. The highest BCUT2D eigenvalue weighted by molar-refractivity contribution is 6.17. The summed E-state index contributed by atoms with van der Waals surface area (Å²) < 4.78 is 10.4. The largest absolute Gasteiger partial charge is 0.381 e. The lowest BCUT2D eigenvalue weighted by Gasteiger charge is -2.18. The van der Waals surface area contributed by atoms with Crippen LogP contribution in [0.1, 0.15) is 30.5 Å². The molecule has 5 heteroatoms. The number of aryl methyl sites for hydroxylation is 1. The summed E-state index contributed by atoms with van der Waals surface area (Å²) in [5.41, 5.74) is 0. The van der Waals surface area contributed by atoms with E-state index in [-0.39, 0.29) is 0 Å². The maximum atomic E-state index is 5.58. The fourth-order valence-electron chi connectivity index (χ4n) is 1.56. The molecule has 0 amide bonds. The van der Waals surface area contributed by atoms with Crippen LogP contribution < -0.4 is 0 Å². The number of rotatable bonds is 3. The van der Waals surface area contributed by atoms with Gasteiger partial charge in [-0.2, -0.15) is 4.98 Å². The lowest BCUT2D eigenvalue weighted by atomic mass is 10.0. The van der Waals surface area contributed by atoms with Crippen molar-refractivity contribution in [2.45, 2.75) is 25.2 Å². The summed E-state index contributed by atoms with van der Waals surface area (Å²) in [5.74, 6) is 2.21. The molecular weight excluding hydrogens is 204 g/mol. The molecule has 2 rings (SSSR count). The van der Waals surface area contributed by atoms with E-state index in [1.807, 2.05) is 0 Å². The Morgan fingerprint density at radius 2 is 2.43 bits per heavy atom. The SMILES string of the molecule is ClCCc1nc(C2CCCOC2)no1. The van der Waals surface area contributed by atoms with E-state index in [1.54, 1.807) is 0 Å². The zero-order chi connectivity index (χ0) is 9.80. The number of ether oxygens (including phenoxy) is 1. The molecule has 1 unspecified atom stereocenters. The minimum absolute atomic E-state index is 0.302. The highest BCUT2D eigenvalue weighted by Crippen LogP contribution is 2.22. The van der Waals surface area contributed by atoms with E-state index in [2.05, 4.69) is 10.1 Å². The summed E-state index contributed by atoms with van der Waals surface area (Å²) in [5, 5.41) is 3.93. The second-order valence-electron chi connectivity index (χ2n) is 3.40. The summed E-state index contributed by atoms with van der Waals surface area (Å²) >= 11 is 5.58. The first-order chi connectivity index (χ1) is 6.90. The van der Waals surface area contributed by atoms with Gasteiger partial charge in [0.15, 0.2) is 5.82 Å². The summed E-state index contributed by atoms with van der Waals surface area (Å²) in [6.07, 6.45) is 2.80. The quantitative estimate of drug-likeness (QED) is 0.723. The summed E-state index contributed by atoms with van der Waals surface area (Å²) in [4.78, 5) is 4.28. The van der Waals surface area contributed by atoms with Gasteiger partial charge in [-0.25, -0.2) is 0 Å². The highest BCUT2D eigenvalue weighted by atomic mass is 35.5. The maximum Gasteiger partial charge on any atom is 0.227 e. The molecule has 1 atom stereocenters. The van der Waals surface area contributed by atoms with E-state index in [0.29, 0.717) is 30.7 Å². The predicted molar refractivity (Wildman–Crippen MR) is 51.5 cm³/mol. The molecule has 1 fully saturated rings. The first-order valence-electron chi connectivity index (χ1n) is 4.86. The molecule has 0 aliphatic carbocycles. The molecular formula is C9H13ClN2O2. The van der Waals surface area contributed by atoms with E-state index < -0.39 is 0 Å². The zero-order valence-corrected chi connectivity index (χ0v) is 8.66. The number of hydrogen-bond acceptors (Lipinski definition) is 4. The van der Waals surface area contributed by atoms with Crippen molar-refractivity contribution >= 4 is 11.6 Å². The molecule has 1 aromatic heterocycles. The molecule has 0 spiro atoms. The number of hydrogen-bond donors (Lipinski definition) is 0. The van der Waals surface area contributed by atoms with Crippen LogP contribution in [0.2, 0.25) is 0 Å². The topological polar surface area (TPSA) is 48.2 Å². The number of halogens is 1. The average Bonchev–Trinajstić information content (AvgIpc) is 2.68. The second kappa shape index (κ2) is 4.75. The Morgan fingerprint density at radius 1 is 1.50 bits per heavy atom. The Hall–Kier alpha value is -0.610. The fraction of sp³-hybridized carbons (Fsp3) is 0.778. The Labute approximate surface area is 87.6 Å². The number of nitrogens with zero attached hydrogens (tertiary/aromatic N) is 2. The second-order valence-corrected chi connectivity index (χ2v) is 3.78. The molecule has 1 aromatic rings. The van der Waals surface area contributed by atoms with Crippen molar-refractivity contribution in [1.29, 1.82) is 0 Å². The van der Waals surface area contributed by atoms with Gasteiger partial charge in [-0.3, -0.25) is 0 Å². The van der Waals surface area contributed by atoms with Crippen LogP contribution in [0.5, 0.6) is 0 Å². The van der Waals surface area contributed by atoms with Crippen molar-refractivity contribution in [3.63, 3.8) is 0 Å². The van der Waals surface area contributed by atoms with Crippen LogP contribution in [0, 0.1) is 0 Å². The van der Waals surface area contributed by atoms with E-state index in [1.165, 1.54) is 0 Å². The average molecular weight is 217 g/mol. The summed E-state index contributed by atoms with van der Waals surface area (Å²) in [6.45, 7) is 1.56. The van der Waals surface area contributed by atoms with Crippen molar-refractivity contribution in [2.75, 3.05) is 19.1 Å². The molecule has 0 bridgehead atoms. The van der Waals surface area contributed by atoms with Crippen LogP contribution in [-0.2, 0) is 11.2 Å². The smallest absolute Gasteiger partial charge is 0.227 e. The van der Waals surface area contributed by atoms with Gasteiger partial charge < -0.3 is 9.26 Å². The van der Waals surface area contributed by atoms with Gasteiger partial charge >= 0.3 is 0 Å². The zero-order valence-electron chi connectivity index (χ0n) is 7.91. The van der Waals surface area contributed by atoms with Gasteiger partial charge in [0.05, 0.1) is 6.61 Å². The molecule has 0 aromatic carbocycles. The minimum atomic E-state index is 0.302. The van der Waals surface area contributed by atoms with Crippen molar-refractivity contribution in [3.05, 3.63) is 11.7 Å². The van der Waals surface area contributed by atoms with Crippen molar-refractivity contribution in [1.82, 2.24) is 10.1 Å². The summed E-state index contributed by atoms with van der Waals surface area (Å²) in [7, 11) is 0. The molecule has 2 heterocycles. The summed E-state index contributed by atoms with van der Waals surface area (Å²) in [6, 6.07) is 0. The van der Waals surface area contributed by atoms with Crippen LogP contribution in [0.4, 0.5) is 0 Å². The van der Waals surface area contributed by atoms with E-state index >= 15 is 0 Å². The molecule has 0 radical (unpaired) electrons. The first kappa shape index (κ1) is 9.93. The molecule has 1 saturated heterocycles. The van der Waals surface area contributed by atoms with Crippen LogP contribution in [0.3, 0.4) is 0 Å². The number of aromatic nitrogens is 2. The lowest BCUT2D eigenvalue weighted by molar-refractivity contribution is 0.0773.